The molecule has 0 bridgehead atoms. The van der Waals surface area contributed by atoms with E-state index in [-0.39, 0.29) is 71.8 Å². The van der Waals surface area contributed by atoms with Crippen LogP contribution in [-0.2, 0) is 71.8 Å². The van der Waals surface area contributed by atoms with Crippen molar-refractivity contribution < 1.29 is 71.8 Å². The van der Waals surface area contributed by atoms with Crippen LogP contribution in [0.1, 0.15) is 0 Å². The number of rotatable bonds is 0. The maximum atomic E-state index is 0. The average molecular weight is 229 g/mol. The van der Waals surface area contributed by atoms with Gasteiger partial charge in [-0.2, -0.15) is 0 Å². The maximum Gasteiger partial charge on any atom is 0 e. The minimum Gasteiger partial charge on any atom is 0 e. The predicted octanol–water partition coefficient (Wildman–Crippen LogP) is -0.0100. The molecule has 0 aliphatic heterocycles. The predicted molar refractivity (Wildman–Crippen MR) is 0 cm³/mol. The zero-order valence-electron chi connectivity index (χ0n) is 1.43. The van der Waals surface area contributed by atoms with Crippen molar-refractivity contribution in [2.24, 2.45) is 0 Å². The molecule has 0 saturated heterocycles. The van der Waals surface area contributed by atoms with Gasteiger partial charge in [0, 0.05) is 71.8 Å². The summed E-state index contributed by atoms with van der Waals surface area (Å²) in [5.41, 5.74) is 0. The van der Waals surface area contributed by atoms with Gasteiger partial charge in [-0.05, 0) is 0 Å². The Morgan fingerprint density at radius 3 is 0.750 bits per heavy atom. The molecule has 0 aliphatic carbocycles. The molecule has 0 N–H and O–H groups in total. The monoisotopic (exact) mass is 227 g/mol. The molecule has 35 valence electrons. The van der Waals surface area contributed by atoms with E-state index in [1.807, 2.05) is 0 Å². The summed E-state index contributed by atoms with van der Waals surface area (Å²) in [4.78, 5) is 0. The molecule has 0 aliphatic rings. The third-order valence-electron chi connectivity index (χ3n) is 0. The van der Waals surface area contributed by atoms with Gasteiger partial charge >= 0.3 is 0 Å². The molecule has 0 aromatic rings. The van der Waals surface area contributed by atoms with Crippen molar-refractivity contribution in [2.75, 3.05) is 0 Å². The van der Waals surface area contributed by atoms with Gasteiger partial charge in [0.1, 0.15) is 0 Å². The van der Waals surface area contributed by atoms with Gasteiger partial charge in [0.05, 0.1) is 0 Å². The second-order valence-electron chi connectivity index (χ2n) is 0. The first-order valence-corrected chi connectivity index (χ1v) is 0. The molecular weight excluding hydrogens is 229 g/mol. The fourth-order valence-electron chi connectivity index (χ4n) is 0. The summed E-state index contributed by atoms with van der Waals surface area (Å²) in [6.45, 7) is 0. The topological polar surface area (TPSA) is 0 Å². The van der Waals surface area contributed by atoms with Crippen LogP contribution in [0.5, 0.6) is 0 Å². The van der Waals surface area contributed by atoms with Crippen molar-refractivity contribution in [1.82, 2.24) is 0 Å². The van der Waals surface area contributed by atoms with Gasteiger partial charge in [0.15, 0.2) is 0 Å². The van der Waals surface area contributed by atoms with Gasteiger partial charge in [-0.25, -0.2) is 0 Å². The summed E-state index contributed by atoms with van der Waals surface area (Å²) in [5, 5.41) is 0. The van der Waals surface area contributed by atoms with E-state index in [9.17, 15) is 0 Å². The fourth-order valence-corrected chi connectivity index (χ4v) is 0. The normalized spacial score (nSPS) is 0. The SMILES string of the molecule is [Cu].[Ni].[Ni].[Ti]. The van der Waals surface area contributed by atoms with Gasteiger partial charge < -0.3 is 0 Å². The van der Waals surface area contributed by atoms with Crippen LogP contribution in [0.4, 0.5) is 0 Å². The Bertz CT molecular complexity index is 6.00. The van der Waals surface area contributed by atoms with Crippen LogP contribution in [0.25, 0.3) is 0 Å². The number of hydrogen-bond donors (Lipinski definition) is 0. The molecule has 0 nitrogen and oxygen atoms in total. The van der Waals surface area contributed by atoms with Crippen molar-refractivity contribution in [3.63, 3.8) is 0 Å². The van der Waals surface area contributed by atoms with E-state index in [1.165, 1.54) is 0 Å². The summed E-state index contributed by atoms with van der Waals surface area (Å²) in [6.07, 6.45) is 0. The Hall–Kier alpha value is 2.22. The molecule has 0 heterocycles. The van der Waals surface area contributed by atoms with Crippen LogP contribution >= 0.6 is 0 Å². The van der Waals surface area contributed by atoms with Gasteiger partial charge in [-0.1, -0.05) is 0 Å². The molecule has 0 amide bonds. The molecule has 0 aromatic heterocycles. The van der Waals surface area contributed by atoms with Crippen LogP contribution in [0.3, 0.4) is 0 Å². The zero-order valence-corrected chi connectivity index (χ0v) is 5.91. The van der Waals surface area contributed by atoms with Gasteiger partial charge in [0.25, 0.3) is 0 Å². The first-order chi connectivity index (χ1) is 0. The van der Waals surface area contributed by atoms with Crippen LogP contribution in [-0.4, -0.2) is 0 Å². The summed E-state index contributed by atoms with van der Waals surface area (Å²) in [7, 11) is 0. The van der Waals surface area contributed by atoms with E-state index in [2.05, 4.69) is 0 Å². The van der Waals surface area contributed by atoms with E-state index in [0.29, 0.717) is 0 Å². The van der Waals surface area contributed by atoms with E-state index < -0.39 is 0 Å². The quantitative estimate of drug-likeness (QED) is 0.512. The Labute approximate surface area is 71.1 Å². The van der Waals surface area contributed by atoms with Crippen LogP contribution < -0.4 is 0 Å². The van der Waals surface area contributed by atoms with E-state index in [4.69, 9.17) is 0 Å². The second kappa shape index (κ2) is 18.9. The van der Waals surface area contributed by atoms with Crippen molar-refractivity contribution in [3.05, 3.63) is 0 Å². The molecule has 4 heavy (non-hydrogen) atoms. The van der Waals surface area contributed by atoms with Crippen LogP contribution in [0.2, 0.25) is 0 Å². The molecule has 0 unspecified atom stereocenters. The van der Waals surface area contributed by atoms with E-state index in [0.717, 1.165) is 0 Å². The largest absolute Gasteiger partial charge is 0 e. The summed E-state index contributed by atoms with van der Waals surface area (Å²) >= 11 is 0. The van der Waals surface area contributed by atoms with Gasteiger partial charge in [-0.15, -0.1) is 0 Å². The molecule has 4 heteroatoms. The molecule has 1 radical (unpaired) electrons. The van der Waals surface area contributed by atoms with Crippen molar-refractivity contribution >= 4 is 0 Å². The number of hydrogen-bond acceptors (Lipinski definition) is 0. The Morgan fingerprint density at radius 2 is 0.750 bits per heavy atom. The zero-order chi connectivity index (χ0) is 0. The van der Waals surface area contributed by atoms with E-state index in [1.54, 1.807) is 0 Å². The second-order valence-corrected chi connectivity index (χ2v) is 0. The summed E-state index contributed by atoms with van der Waals surface area (Å²) in [6, 6.07) is 0. The first kappa shape index (κ1) is 34.4. The summed E-state index contributed by atoms with van der Waals surface area (Å²) in [5.74, 6) is 0. The third kappa shape index (κ3) is 8.88. The van der Waals surface area contributed by atoms with Gasteiger partial charge in [-0.3, -0.25) is 0 Å². The van der Waals surface area contributed by atoms with Crippen molar-refractivity contribution in [3.8, 4) is 0 Å². The first-order valence-electron chi connectivity index (χ1n) is 0. The summed E-state index contributed by atoms with van der Waals surface area (Å²) < 4.78 is 0. The maximum absolute atomic E-state index is 0. The Kier molecular flexibility index (Phi) is 162. The smallest absolute Gasteiger partial charge is 0 e. The van der Waals surface area contributed by atoms with Gasteiger partial charge in [0.2, 0.25) is 0 Å². The molecule has 0 spiro atoms. The molecule has 0 atom stereocenters. The minimum atomic E-state index is 0. The fraction of sp³-hybridized carbons (Fsp3) is 0. The standard InChI is InChI=1S/Cu.2Ni.Ti. The Balaban J connectivity index is 0. The van der Waals surface area contributed by atoms with Crippen LogP contribution in [0.15, 0.2) is 0 Å². The van der Waals surface area contributed by atoms with Crippen molar-refractivity contribution in [2.45, 2.75) is 0 Å². The van der Waals surface area contributed by atoms with E-state index >= 15 is 0 Å². The average Bonchev–Trinajstić information content (AvgIpc) is 0. The molecule has 0 aromatic carbocycles. The molecule has 0 fully saturated rings. The Morgan fingerprint density at radius 1 is 0.750 bits per heavy atom. The molecule has 0 saturated carbocycles. The van der Waals surface area contributed by atoms with Crippen LogP contribution in [0, 0.1) is 0 Å². The third-order valence-corrected chi connectivity index (χ3v) is 0. The van der Waals surface area contributed by atoms with Crippen molar-refractivity contribution in [1.29, 1.82) is 0 Å². The molecular formula is CuNi2Ti. The minimum absolute atomic E-state index is 0. The molecule has 0 rings (SSSR count).